The van der Waals surface area contributed by atoms with Gasteiger partial charge in [-0.3, -0.25) is 9.69 Å². The summed E-state index contributed by atoms with van der Waals surface area (Å²) in [7, 11) is 3.60. The van der Waals surface area contributed by atoms with E-state index >= 15 is 0 Å². The van der Waals surface area contributed by atoms with Gasteiger partial charge in [-0.15, -0.1) is 6.42 Å². The molecule has 0 radical (unpaired) electrons. The third-order valence-corrected chi connectivity index (χ3v) is 3.37. The number of terminal acetylenes is 1. The number of Topliss-reactive ketones (excluding diaryl/α,β-unsaturated/α-hetero) is 1. The van der Waals surface area contributed by atoms with E-state index in [1.807, 2.05) is 7.05 Å². The molecule has 0 saturated carbocycles. The summed E-state index contributed by atoms with van der Waals surface area (Å²) in [5, 5.41) is 0. The van der Waals surface area contributed by atoms with Crippen LogP contribution in [0.3, 0.4) is 0 Å². The molecule has 0 spiro atoms. The molecule has 0 aliphatic rings. The van der Waals surface area contributed by atoms with Crippen LogP contribution in [0.2, 0.25) is 0 Å². The zero-order valence-corrected chi connectivity index (χ0v) is 13.7. The Morgan fingerprint density at radius 3 is 2.68 bits per heavy atom. The number of carbonyl (C=O) groups is 1. The van der Waals surface area contributed by atoms with Crippen molar-refractivity contribution in [2.45, 2.75) is 26.2 Å². The number of carbonyl (C=O) groups excluding carboxylic acids is 1. The van der Waals surface area contributed by atoms with E-state index in [4.69, 9.17) is 15.9 Å². The first-order chi connectivity index (χ1) is 10.6. The maximum absolute atomic E-state index is 11.3. The van der Waals surface area contributed by atoms with Crippen LogP contribution in [0, 0.1) is 12.3 Å². The Balaban J connectivity index is 2.33. The van der Waals surface area contributed by atoms with Gasteiger partial charge in [-0.25, -0.2) is 0 Å². The van der Waals surface area contributed by atoms with Crippen molar-refractivity contribution in [3.63, 3.8) is 0 Å². The molecule has 0 fully saturated rings. The first kappa shape index (κ1) is 18.1. The Bertz CT molecular complexity index is 520. The highest BCUT2D eigenvalue weighted by Crippen LogP contribution is 2.28. The van der Waals surface area contributed by atoms with Crippen molar-refractivity contribution < 1.29 is 14.3 Å². The minimum atomic E-state index is 0.0148. The van der Waals surface area contributed by atoms with Gasteiger partial charge in [-0.2, -0.15) is 0 Å². The minimum Gasteiger partial charge on any atom is -0.493 e. The largest absolute Gasteiger partial charge is 0.493 e. The zero-order valence-electron chi connectivity index (χ0n) is 13.7. The molecule has 0 aromatic heterocycles. The Kier molecular flexibility index (Phi) is 8.09. The number of benzene rings is 1. The lowest BCUT2D eigenvalue weighted by Crippen LogP contribution is -2.19. The van der Waals surface area contributed by atoms with Crippen molar-refractivity contribution in [2.75, 3.05) is 33.9 Å². The standard InChI is InChI=1S/C18H25NO3/c1-5-11-19(3)12-7-6-8-13-22-17-10-9-16(15(2)20)14-18(17)21-4/h1,9-10,14H,6-8,11-13H2,2-4H3. The molecule has 0 saturated heterocycles. The molecule has 1 aromatic rings. The average molecular weight is 303 g/mol. The van der Waals surface area contributed by atoms with Crippen molar-refractivity contribution in [3.8, 4) is 23.8 Å². The lowest BCUT2D eigenvalue weighted by molar-refractivity contribution is 0.101. The Morgan fingerprint density at radius 1 is 1.27 bits per heavy atom. The molecule has 0 atom stereocenters. The molecule has 1 aromatic carbocycles. The zero-order chi connectivity index (χ0) is 16.4. The molecule has 4 heteroatoms. The summed E-state index contributed by atoms with van der Waals surface area (Å²) < 4.78 is 11.0. The number of rotatable bonds is 10. The van der Waals surface area contributed by atoms with Gasteiger partial charge in [-0.1, -0.05) is 5.92 Å². The number of hydrogen-bond acceptors (Lipinski definition) is 4. The molecule has 22 heavy (non-hydrogen) atoms. The van der Waals surface area contributed by atoms with Gasteiger partial charge in [0.25, 0.3) is 0 Å². The molecule has 0 heterocycles. The molecule has 120 valence electrons. The van der Waals surface area contributed by atoms with Crippen LogP contribution < -0.4 is 9.47 Å². The van der Waals surface area contributed by atoms with Crippen molar-refractivity contribution in [2.24, 2.45) is 0 Å². The molecule has 0 aliphatic carbocycles. The third-order valence-electron chi connectivity index (χ3n) is 3.37. The van der Waals surface area contributed by atoms with Crippen molar-refractivity contribution in [1.29, 1.82) is 0 Å². The van der Waals surface area contributed by atoms with E-state index in [-0.39, 0.29) is 5.78 Å². The van der Waals surface area contributed by atoms with E-state index in [0.29, 0.717) is 30.2 Å². The van der Waals surface area contributed by atoms with E-state index in [1.165, 1.54) is 6.92 Å². The van der Waals surface area contributed by atoms with E-state index in [9.17, 15) is 4.79 Å². The van der Waals surface area contributed by atoms with Gasteiger partial charge in [0.2, 0.25) is 0 Å². The van der Waals surface area contributed by atoms with Crippen LogP contribution in [0.1, 0.15) is 36.5 Å². The monoisotopic (exact) mass is 303 g/mol. The number of ketones is 1. The summed E-state index contributed by atoms with van der Waals surface area (Å²) in [5.41, 5.74) is 0.626. The second kappa shape index (κ2) is 9.86. The Morgan fingerprint density at radius 2 is 2.05 bits per heavy atom. The predicted octanol–water partition coefficient (Wildman–Crippen LogP) is 3.01. The number of hydrogen-bond donors (Lipinski definition) is 0. The van der Waals surface area contributed by atoms with E-state index in [1.54, 1.807) is 25.3 Å². The summed E-state index contributed by atoms with van der Waals surface area (Å²) in [5.74, 6) is 3.92. The maximum atomic E-state index is 11.3. The summed E-state index contributed by atoms with van der Waals surface area (Å²) in [6.07, 6.45) is 8.42. The first-order valence-electron chi connectivity index (χ1n) is 7.52. The number of nitrogens with zero attached hydrogens (tertiary/aromatic N) is 1. The van der Waals surface area contributed by atoms with Gasteiger partial charge in [0.15, 0.2) is 17.3 Å². The number of unbranched alkanes of at least 4 members (excludes halogenated alkanes) is 2. The Hall–Kier alpha value is -1.99. The fraction of sp³-hybridized carbons (Fsp3) is 0.500. The second-order valence-corrected chi connectivity index (χ2v) is 5.27. The van der Waals surface area contributed by atoms with Gasteiger partial charge in [0.1, 0.15) is 0 Å². The van der Waals surface area contributed by atoms with Crippen molar-refractivity contribution in [3.05, 3.63) is 23.8 Å². The summed E-state index contributed by atoms with van der Waals surface area (Å²) >= 11 is 0. The first-order valence-corrected chi connectivity index (χ1v) is 7.52. The van der Waals surface area contributed by atoms with E-state index < -0.39 is 0 Å². The summed E-state index contributed by atoms with van der Waals surface area (Å²) in [4.78, 5) is 13.5. The third kappa shape index (κ3) is 6.19. The van der Waals surface area contributed by atoms with Crippen LogP contribution in [0.25, 0.3) is 0 Å². The van der Waals surface area contributed by atoms with Gasteiger partial charge in [-0.05, 0) is 58.0 Å². The fourth-order valence-electron chi connectivity index (χ4n) is 2.08. The smallest absolute Gasteiger partial charge is 0.161 e. The van der Waals surface area contributed by atoms with Crippen LogP contribution in [0.5, 0.6) is 11.5 Å². The van der Waals surface area contributed by atoms with Crippen LogP contribution in [0.4, 0.5) is 0 Å². The molecule has 0 aliphatic heterocycles. The van der Waals surface area contributed by atoms with Gasteiger partial charge in [0, 0.05) is 5.56 Å². The molecule has 4 nitrogen and oxygen atoms in total. The van der Waals surface area contributed by atoms with E-state index in [2.05, 4.69) is 10.8 Å². The molecule has 1 rings (SSSR count). The highest BCUT2D eigenvalue weighted by Gasteiger charge is 2.08. The van der Waals surface area contributed by atoms with E-state index in [0.717, 1.165) is 25.8 Å². The average Bonchev–Trinajstić information content (AvgIpc) is 2.50. The molecule has 0 N–H and O–H groups in total. The lowest BCUT2D eigenvalue weighted by Gasteiger charge is -2.13. The Labute approximate surface area is 133 Å². The molecular formula is C18H25NO3. The topological polar surface area (TPSA) is 38.8 Å². The maximum Gasteiger partial charge on any atom is 0.161 e. The van der Waals surface area contributed by atoms with Gasteiger partial charge < -0.3 is 9.47 Å². The SMILES string of the molecule is C#CCN(C)CCCCCOc1ccc(C(C)=O)cc1OC. The number of methoxy groups -OCH3 is 1. The molecule has 0 unspecified atom stereocenters. The number of ether oxygens (including phenoxy) is 2. The molecule has 0 bridgehead atoms. The van der Waals surface area contributed by atoms with Crippen molar-refractivity contribution >= 4 is 5.78 Å². The van der Waals surface area contributed by atoms with Crippen LogP contribution in [0.15, 0.2) is 18.2 Å². The quantitative estimate of drug-likeness (QED) is 0.378. The van der Waals surface area contributed by atoms with Crippen molar-refractivity contribution in [1.82, 2.24) is 4.90 Å². The van der Waals surface area contributed by atoms with Gasteiger partial charge >= 0.3 is 0 Å². The van der Waals surface area contributed by atoms with Crippen LogP contribution in [-0.2, 0) is 0 Å². The summed E-state index contributed by atoms with van der Waals surface area (Å²) in [6.45, 7) is 3.86. The fourth-order valence-corrected chi connectivity index (χ4v) is 2.08. The highest BCUT2D eigenvalue weighted by atomic mass is 16.5. The normalized spacial score (nSPS) is 10.3. The van der Waals surface area contributed by atoms with Gasteiger partial charge in [0.05, 0.1) is 20.3 Å². The summed E-state index contributed by atoms with van der Waals surface area (Å²) in [6, 6.07) is 5.26. The molecule has 0 amide bonds. The minimum absolute atomic E-state index is 0.0148. The lowest BCUT2D eigenvalue weighted by atomic mass is 10.1. The molecular weight excluding hydrogens is 278 g/mol. The highest BCUT2D eigenvalue weighted by molar-refractivity contribution is 5.94. The predicted molar refractivity (Wildman–Crippen MR) is 88.7 cm³/mol. The van der Waals surface area contributed by atoms with Crippen LogP contribution in [-0.4, -0.2) is 44.5 Å². The second-order valence-electron chi connectivity index (χ2n) is 5.27. The van der Waals surface area contributed by atoms with Crippen LogP contribution >= 0.6 is 0 Å².